The van der Waals surface area contributed by atoms with Crippen LogP contribution in [0.15, 0.2) is 30.3 Å². The summed E-state index contributed by atoms with van der Waals surface area (Å²) >= 11 is 0. The molecule has 0 aliphatic carbocycles. The predicted molar refractivity (Wildman–Crippen MR) is 133 cm³/mol. The summed E-state index contributed by atoms with van der Waals surface area (Å²) < 4.78 is 127. The number of hydrogen-bond acceptors (Lipinski definition) is 3. The molecule has 1 aliphatic rings. The molecule has 0 bridgehead atoms. The zero-order valence-corrected chi connectivity index (χ0v) is 22.4. The highest BCUT2D eigenvalue weighted by Gasteiger charge is 2.40. The smallest absolute Gasteiger partial charge is 0.416 e. The highest BCUT2D eigenvalue weighted by molar-refractivity contribution is 6.33. The molecule has 1 heterocycles. The minimum atomic E-state index is -5.12. The second kappa shape index (κ2) is 11.5. The summed E-state index contributed by atoms with van der Waals surface area (Å²) in [5, 5.41) is 0. The number of carbonyl (C=O) groups is 2. The molecule has 5 nitrogen and oxygen atoms in total. The van der Waals surface area contributed by atoms with E-state index < -0.39 is 71.5 Å². The molecule has 3 rings (SSSR count). The molecule has 2 aromatic rings. The Bertz CT molecular complexity index is 1270. The first-order valence-corrected chi connectivity index (χ1v) is 12.5. The second-order valence-corrected chi connectivity index (χ2v) is 10.0. The van der Waals surface area contributed by atoms with Crippen molar-refractivity contribution in [1.29, 1.82) is 0 Å². The van der Waals surface area contributed by atoms with Crippen LogP contribution in [-0.4, -0.2) is 37.4 Å². The van der Waals surface area contributed by atoms with Crippen LogP contribution in [0.5, 0.6) is 0 Å². The molecule has 0 saturated heterocycles. The Morgan fingerprint density at radius 1 is 0.951 bits per heavy atom. The van der Waals surface area contributed by atoms with Gasteiger partial charge in [0.05, 0.1) is 34.5 Å². The molecule has 15 heteroatoms. The van der Waals surface area contributed by atoms with Crippen LogP contribution in [0.2, 0.25) is 0 Å². The van der Waals surface area contributed by atoms with Gasteiger partial charge in [0.25, 0.3) is 0 Å². The Morgan fingerprint density at radius 2 is 1.51 bits per heavy atom. The summed E-state index contributed by atoms with van der Waals surface area (Å²) in [5.41, 5.74) is -5.06. The topological polar surface area (TPSA) is 49.9 Å². The maximum atomic E-state index is 13.8. The summed E-state index contributed by atoms with van der Waals surface area (Å²) in [5.74, 6) is -0.748. The van der Waals surface area contributed by atoms with Crippen LogP contribution in [0.4, 0.5) is 50.0 Å². The lowest BCUT2D eigenvalue weighted by Crippen LogP contribution is -2.36. The summed E-state index contributed by atoms with van der Waals surface area (Å²) in [6.07, 6.45) is -16.4. The van der Waals surface area contributed by atoms with E-state index in [1.54, 1.807) is 0 Å². The van der Waals surface area contributed by atoms with Crippen molar-refractivity contribution >= 4 is 31.0 Å². The maximum absolute atomic E-state index is 13.8. The second-order valence-electron chi connectivity index (χ2n) is 10.0. The molecule has 0 saturated carbocycles. The van der Waals surface area contributed by atoms with Crippen LogP contribution in [-0.2, 0) is 34.6 Å². The van der Waals surface area contributed by atoms with Gasteiger partial charge in [0, 0.05) is 20.0 Å². The number of nitrogens with zero attached hydrogens (tertiary/aromatic N) is 2. The van der Waals surface area contributed by atoms with Crippen molar-refractivity contribution in [2.45, 2.75) is 70.8 Å². The minimum Gasteiger partial charge on any atom is -0.446 e. The van der Waals surface area contributed by atoms with E-state index in [1.807, 2.05) is 0 Å². The summed E-state index contributed by atoms with van der Waals surface area (Å²) in [4.78, 5) is 27.7. The standard InChI is InChI=1S/C26H26BF9N2O3/c1-13(2)41-23(40)37-6-4-5-21(18-10-20(27)19(11-22(18)37)26(34,35)36)38(14(3)39)12-15-7-16(24(28,29)30)9-17(8-15)25(31,32)33/h7-11,13,21H,4-6,12,27H2,1-3H3. The van der Waals surface area contributed by atoms with E-state index in [9.17, 15) is 49.1 Å². The SMILES string of the molecule is Bc1cc2c(cc1C(F)(F)F)N(C(=O)OC(C)C)CCCC2N(Cc1cc(C(F)(F)F)cc(C(F)(F)F)c1)C(C)=O. The van der Waals surface area contributed by atoms with E-state index in [0.29, 0.717) is 12.1 Å². The first kappa shape index (κ1) is 32.1. The van der Waals surface area contributed by atoms with Gasteiger partial charge < -0.3 is 9.64 Å². The van der Waals surface area contributed by atoms with Crippen molar-refractivity contribution in [3.63, 3.8) is 0 Å². The highest BCUT2D eigenvalue weighted by Crippen LogP contribution is 2.42. The number of anilines is 1. The molecule has 1 atom stereocenters. The van der Waals surface area contributed by atoms with Gasteiger partial charge in [-0.15, -0.1) is 0 Å². The average Bonchev–Trinajstić information content (AvgIpc) is 2.98. The lowest BCUT2D eigenvalue weighted by Gasteiger charge is -2.33. The summed E-state index contributed by atoms with van der Waals surface area (Å²) in [6, 6.07) is 1.74. The van der Waals surface area contributed by atoms with Gasteiger partial charge in [-0.3, -0.25) is 9.69 Å². The molecule has 41 heavy (non-hydrogen) atoms. The first-order chi connectivity index (χ1) is 18.7. The van der Waals surface area contributed by atoms with Crippen LogP contribution < -0.4 is 10.4 Å². The molecular formula is C26H26BF9N2O3. The van der Waals surface area contributed by atoms with Crippen molar-refractivity contribution < 1.29 is 53.8 Å². The average molecular weight is 596 g/mol. The molecule has 1 aliphatic heterocycles. The third kappa shape index (κ3) is 7.47. The molecule has 0 radical (unpaired) electrons. The number of rotatable bonds is 4. The fourth-order valence-corrected chi connectivity index (χ4v) is 4.77. The fraction of sp³-hybridized carbons (Fsp3) is 0.462. The van der Waals surface area contributed by atoms with Crippen LogP contribution in [0.25, 0.3) is 0 Å². The first-order valence-electron chi connectivity index (χ1n) is 12.5. The van der Waals surface area contributed by atoms with Gasteiger partial charge in [-0.1, -0.05) is 11.5 Å². The summed E-state index contributed by atoms with van der Waals surface area (Å²) in [7, 11) is 1.17. The van der Waals surface area contributed by atoms with Gasteiger partial charge in [0.15, 0.2) is 0 Å². The fourth-order valence-electron chi connectivity index (χ4n) is 4.77. The Balaban J connectivity index is 2.19. The third-order valence-electron chi connectivity index (χ3n) is 6.53. The number of ether oxygens (including phenoxy) is 1. The molecule has 0 aromatic heterocycles. The van der Waals surface area contributed by atoms with Crippen LogP contribution in [0.1, 0.15) is 67.5 Å². The number of alkyl halides is 9. The largest absolute Gasteiger partial charge is 0.446 e. The van der Waals surface area contributed by atoms with Gasteiger partial charge in [-0.2, -0.15) is 39.5 Å². The molecular weight excluding hydrogens is 570 g/mol. The third-order valence-corrected chi connectivity index (χ3v) is 6.53. The number of fused-ring (bicyclic) bond motifs is 1. The molecule has 0 spiro atoms. The zero-order valence-electron chi connectivity index (χ0n) is 22.4. The normalized spacial score (nSPS) is 16.3. The van der Waals surface area contributed by atoms with E-state index in [-0.39, 0.29) is 42.2 Å². The number of benzene rings is 2. The molecule has 0 fully saturated rings. The number of hydrogen-bond donors (Lipinski definition) is 0. The highest BCUT2D eigenvalue weighted by atomic mass is 19.4. The van der Waals surface area contributed by atoms with E-state index in [0.717, 1.165) is 28.9 Å². The lowest BCUT2D eigenvalue weighted by atomic mass is 9.85. The number of carbonyl (C=O) groups excluding carboxylic acids is 2. The molecule has 2 amide bonds. The van der Waals surface area contributed by atoms with Gasteiger partial charge in [0.2, 0.25) is 5.91 Å². The molecule has 224 valence electrons. The Labute approximate surface area is 230 Å². The molecule has 2 aromatic carbocycles. The van der Waals surface area contributed by atoms with Crippen molar-refractivity contribution in [2.75, 3.05) is 11.4 Å². The van der Waals surface area contributed by atoms with E-state index in [2.05, 4.69) is 0 Å². The van der Waals surface area contributed by atoms with Crippen LogP contribution in [0.3, 0.4) is 0 Å². The zero-order chi connectivity index (χ0) is 31.1. The van der Waals surface area contributed by atoms with Gasteiger partial charge >= 0.3 is 24.6 Å². The lowest BCUT2D eigenvalue weighted by molar-refractivity contribution is -0.143. The van der Waals surface area contributed by atoms with Crippen molar-refractivity contribution in [3.05, 3.63) is 58.1 Å². The Kier molecular flexibility index (Phi) is 8.99. The Hall–Kier alpha value is -3.39. The maximum Gasteiger partial charge on any atom is 0.416 e. The quantitative estimate of drug-likeness (QED) is 0.311. The number of halogens is 9. The van der Waals surface area contributed by atoms with Crippen LogP contribution >= 0.6 is 0 Å². The van der Waals surface area contributed by atoms with Crippen molar-refractivity contribution in [3.8, 4) is 0 Å². The van der Waals surface area contributed by atoms with E-state index >= 15 is 0 Å². The number of amides is 2. The molecule has 0 N–H and O–H groups in total. The van der Waals surface area contributed by atoms with Gasteiger partial charge in [0.1, 0.15) is 7.85 Å². The van der Waals surface area contributed by atoms with E-state index in [4.69, 9.17) is 4.74 Å². The Morgan fingerprint density at radius 3 is 1.98 bits per heavy atom. The predicted octanol–water partition coefficient (Wildman–Crippen LogP) is 6.24. The molecule has 1 unspecified atom stereocenters. The van der Waals surface area contributed by atoms with Crippen molar-refractivity contribution in [2.24, 2.45) is 0 Å². The van der Waals surface area contributed by atoms with Crippen molar-refractivity contribution in [1.82, 2.24) is 4.90 Å². The van der Waals surface area contributed by atoms with E-state index in [1.165, 1.54) is 21.7 Å². The summed E-state index contributed by atoms with van der Waals surface area (Å²) in [6.45, 7) is 3.31. The van der Waals surface area contributed by atoms with Gasteiger partial charge in [-0.25, -0.2) is 4.79 Å². The van der Waals surface area contributed by atoms with Crippen LogP contribution in [0, 0.1) is 0 Å². The monoisotopic (exact) mass is 596 g/mol. The minimum absolute atomic E-state index is 0.0389. The van der Waals surface area contributed by atoms with Gasteiger partial charge in [-0.05, 0) is 62.1 Å².